The predicted molar refractivity (Wildman–Crippen MR) is 87.0 cm³/mol. The van der Waals surface area contributed by atoms with Crippen LogP contribution in [0.2, 0.25) is 0 Å². The molecular weight excluding hydrogens is 333 g/mol. The van der Waals surface area contributed by atoms with Crippen LogP contribution in [0.15, 0.2) is 60.7 Å². The fourth-order valence-corrected chi connectivity index (χ4v) is 2.11. The molecule has 0 bridgehead atoms. The van der Waals surface area contributed by atoms with E-state index in [1.807, 2.05) is 0 Å². The first-order chi connectivity index (χ1) is 11.8. The van der Waals surface area contributed by atoms with Crippen LogP contribution in [0, 0.1) is 0 Å². The van der Waals surface area contributed by atoms with E-state index in [2.05, 4.69) is 5.32 Å². The van der Waals surface area contributed by atoms with Crippen molar-refractivity contribution in [2.45, 2.75) is 12.2 Å². The minimum atomic E-state index is -4.41. The van der Waals surface area contributed by atoms with Crippen molar-refractivity contribution in [3.63, 3.8) is 0 Å². The third-order valence-corrected chi connectivity index (χ3v) is 3.37. The molecule has 0 heterocycles. The van der Waals surface area contributed by atoms with Crippen LogP contribution < -0.4 is 11.1 Å². The summed E-state index contributed by atoms with van der Waals surface area (Å²) >= 11 is 0. The minimum absolute atomic E-state index is 0.415. The van der Waals surface area contributed by atoms with Gasteiger partial charge in [-0.3, -0.25) is 9.59 Å². The molecule has 7 heteroatoms. The van der Waals surface area contributed by atoms with Crippen molar-refractivity contribution in [3.8, 4) is 0 Å². The summed E-state index contributed by atoms with van der Waals surface area (Å²) in [5, 5.41) is 2.46. The number of nitrogens with one attached hydrogen (secondary N) is 1. The average Bonchev–Trinajstić information content (AvgIpc) is 2.58. The Bertz CT molecular complexity index is 769. The summed E-state index contributed by atoms with van der Waals surface area (Å²) in [6, 6.07) is 11.8. The largest absolute Gasteiger partial charge is 0.416 e. The zero-order valence-corrected chi connectivity index (χ0v) is 13.0. The van der Waals surface area contributed by atoms with E-state index in [0.29, 0.717) is 11.1 Å². The molecule has 2 amide bonds. The third-order valence-electron chi connectivity index (χ3n) is 3.37. The van der Waals surface area contributed by atoms with E-state index in [-0.39, 0.29) is 0 Å². The number of rotatable bonds is 5. The van der Waals surface area contributed by atoms with Gasteiger partial charge < -0.3 is 11.1 Å². The maximum Gasteiger partial charge on any atom is 0.416 e. The van der Waals surface area contributed by atoms with E-state index in [1.54, 1.807) is 30.3 Å². The number of hydrogen-bond donors (Lipinski definition) is 2. The van der Waals surface area contributed by atoms with Gasteiger partial charge in [0.25, 0.3) is 0 Å². The first kappa shape index (κ1) is 18.3. The topological polar surface area (TPSA) is 72.2 Å². The maximum absolute atomic E-state index is 12.5. The molecule has 2 aromatic carbocycles. The van der Waals surface area contributed by atoms with E-state index in [9.17, 15) is 22.8 Å². The minimum Gasteiger partial charge on any atom is -0.368 e. The van der Waals surface area contributed by atoms with Gasteiger partial charge in [-0.25, -0.2) is 0 Å². The molecule has 25 heavy (non-hydrogen) atoms. The molecule has 1 unspecified atom stereocenters. The van der Waals surface area contributed by atoms with Gasteiger partial charge in [-0.2, -0.15) is 13.2 Å². The lowest BCUT2D eigenvalue weighted by molar-refractivity contribution is -0.137. The van der Waals surface area contributed by atoms with Crippen molar-refractivity contribution in [1.82, 2.24) is 5.32 Å². The number of carbonyl (C=O) groups excluding carboxylic acids is 2. The van der Waals surface area contributed by atoms with E-state index in [4.69, 9.17) is 5.73 Å². The standard InChI is InChI=1S/C18H15F3N2O2/c19-18(20,21)14-9-6-12(7-10-14)8-11-15(24)23-16(17(22)25)13-4-2-1-3-5-13/h1-11,16H,(H2,22,25)(H,23,24)/b11-8+. The fraction of sp³-hybridized carbons (Fsp3) is 0.111. The summed E-state index contributed by atoms with van der Waals surface area (Å²) in [5.41, 5.74) is 5.47. The smallest absolute Gasteiger partial charge is 0.368 e. The molecule has 1 atom stereocenters. The number of carbonyl (C=O) groups is 2. The van der Waals surface area contributed by atoms with Crippen LogP contribution in [0.4, 0.5) is 13.2 Å². The second-order valence-electron chi connectivity index (χ2n) is 5.21. The Morgan fingerprint density at radius 1 is 1.00 bits per heavy atom. The van der Waals surface area contributed by atoms with Crippen LogP contribution >= 0.6 is 0 Å². The summed E-state index contributed by atoms with van der Waals surface area (Å²) < 4.78 is 37.5. The highest BCUT2D eigenvalue weighted by atomic mass is 19.4. The van der Waals surface area contributed by atoms with Crippen LogP contribution in [0.5, 0.6) is 0 Å². The Morgan fingerprint density at radius 2 is 1.60 bits per heavy atom. The van der Waals surface area contributed by atoms with Crippen LogP contribution in [-0.2, 0) is 15.8 Å². The van der Waals surface area contributed by atoms with Crippen LogP contribution in [-0.4, -0.2) is 11.8 Å². The molecule has 2 aromatic rings. The van der Waals surface area contributed by atoms with Crippen molar-refractivity contribution >= 4 is 17.9 Å². The third kappa shape index (κ3) is 5.20. The lowest BCUT2D eigenvalue weighted by atomic mass is 10.1. The molecule has 3 N–H and O–H groups in total. The number of amides is 2. The molecule has 4 nitrogen and oxygen atoms in total. The molecular formula is C18H15F3N2O2. The number of hydrogen-bond acceptors (Lipinski definition) is 2. The van der Waals surface area contributed by atoms with Gasteiger partial charge in [-0.05, 0) is 29.3 Å². The SMILES string of the molecule is NC(=O)C(NC(=O)/C=C/c1ccc(C(F)(F)F)cc1)c1ccccc1. The fourth-order valence-electron chi connectivity index (χ4n) is 2.11. The highest BCUT2D eigenvalue weighted by Gasteiger charge is 2.29. The number of alkyl halides is 3. The van der Waals surface area contributed by atoms with E-state index in [1.165, 1.54) is 18.2 Å². The average molecular weight is 348 g/mol. The molecule has 130 valence electrons. The van der Waals surface area contributed by atoms with Gasteiger partial charge in [-0.1, -0.05) is 42.5 Å². The molecule has 2 rings (SSSR count). The maximum atomic E-state index is 12.5. The van der Waals surface area contributed by atoms with Gasteiger partial charge in [0.2, 0.25) is 11.8 Å². The van der Waals surface area contributed by atoms with E-state index >= 15 is 0 Å². The Hall–Kier alpha value is -3.09. The molecule has 0 aliphatic carbocycles. The first-order valence-electron chi connectivity index (χ1n) is 7.27. The second kappa shape index (κ2) is 7.65. The molecule has 0 fully saturated rings. The molecule has 0 saturated carbocycles. The molecule has 0 spiro atoms. The van der Waals surface area contributed by atoms with E-state index in [0.717, 1.165) is 18.2 Å². The quantitative estimate of drug-likeness (QED) is 0.815. The summed E-state index contributed by atoms with van der Waals surface area (Å²) in [6.45, 7) is 0. The molecule has 0 aliphatic rings. The Balaban J connectivity index is 2.05. The van der Waals surface area contributed by atoms with Crippen molar-refractivity contribution < 1.29 is 22.8 Å². The zero-order valence-electron chi connectivity index (χ0n) is 13.0. The van der Waals surface area contributed by atoms with Crippen LogP contribution in [0.25, 0.3) is 6.08 Å². The van der Waals surface area contributed by atoms with Gasteiger partial charge in [0.05, 0.1) is 5.56 Å². The van der Waals surface area contributed by atoms with Crippen molar-refractivity contribution in [1.29, 1.82) is 0 Å². The van der Waals surface area contributed by atoms with E-state index < -0.39 is 29.6 Å². The number of halogens is 3. The van der Waals surface area contributed by atoms with Crippen LogP contribution in [0.1, 0.15) is 22.7 Å². The summed E-state index contributed by atoms with van der Waals surface area (Å²) in [6.07, 6.45) is -1.94. The molecule has 0 saturated heterocycles. The molecule has 0 aromatic heterocycles. The van der Waals surface area contributed by atoms with Gasteiger partial charge in [-0.15, -0.1) is 0 Å². The van der Waals surface area contributed by atoms with Gasteiger partial charge in [0.1, 0.15) is 6.04 Å². The van der Waals surface area contributed by atoms with Gasteiger partial charge in [0, 0.05) is 6.08 Å². The summed E-state index contributed by atoms with van der Waals surface area (Å²) in [5.74, 6) is -1.31. The summed E-state index contributed by atoms with van der Waals surface area (Å²) in [7, 11) is 0. The normalized spacial score (nSPS) is 12.8. The van der Waals surface area contributed by atoms with Gasteiger partial charge in [0.15, 0.2) is 0 Å². The number of primary amides is 1. The molecule has 0 aliphatic heterocycles. The Kier molecular flexibility index (Phi) is 5.59. The Morgan fingerprint density at radius 3 is 2.12 bits per heavy atom. The van der Waals surface area contributed by atoms with Crippen molar-refractivity contribution in [2.24, 2.45) is 5.73 Å². The first-order valence-corrected chi connectivity index (χ1v) is 7.27. The predicted octanol–water partition coefficient (Wildman–Crippen LogP) is 3.06. The lowest BCUT2D eigenvalue weighted by Crippen LogP contribution is -2.36. The second-order valence-corrected chi connectivity index (χ2v) is 5.21. The Labute approximate surface area is 142 Å². The lowest BCUT2D eigenvalue weighted by Gasteiger charge is -2.14. The van der Waals surface area contributed by atoms with Crippen molar-refractivity contribution in [2.75, 3.05) is 0 Å². The monoisotopic (exact) mass is 348 g/mol. The molecule has 0 radical (unpaired) electrons. The van der Waals surface area contributed by atoms with Crippen molar-refractivity contribution in [3.05, 3.63) is 77.4 Å². The van der Waals surface area contributed by atoms with Gasteiger partial charge >= 0.3 is 6.18 Å². The highest BCUT2D eigenvalue weighted by molar-refractivity contribution is 5.95. The highest BCUT2D eigenvalue weighted by Crippen LogP contribution is 2.29. The number of benzene rings is 2. The zero-order chi connectivity index (χ0) is 18.4. The summed E-state index contributed by atoms with van der Waals surface area (Å²) in [4.78, 5) is 23.5. The van der Waals surface area contributed by atoms with Crippen LogP contribution in [0.3, 0.4) is 0 Å². The number of nitrogens with two attached hydrogens (primary N) is 1.